The van der Waals surface area contributed by atoms with Crippen LogP contribution in [0.25, 0.3) is 0 Å². The van der Waals surface area contributed by atoms with Crippen molar-refractivity contribution >= 4 is 11.6 Å². The standard InChI is InChI=1S/C17H24N2O/c1-13(20)15-18-16(2,3)12-17(4,5)19(15)11-14-9-7-6-8-10-14/h6-10H,11-12H2,1-5H3. The molecule has 108 valence electrons. The summed E-state index contributed by atoms with van der Waals surface area (Å²) in [7, 11) is 0. The lowest BCUT2D eigenvalue weighted by atomic mass is 9.83. The van der Waals surface area contributed by atoms with Crippen molar-refractivity contribution in [1.29, 1.82) is 0 Å². The highest BCUT2D eigenvalue weighted by atomic mass is 16.1. The Kier molecular flexibility index (Phi) is 3.72. The number of ketones is 1. The predicted octanol–water partition coefficient (Wildman–Crippen LogP) is 3.44. The highest BCUT2D eigenvalue weighted by Gasteiger charge is 2.41. The average Bonchev–Trinajstić information content (AvgIpc) is 2.32. The van der Waals surface area contributed by atoms with Crippen molar-refractivity contribution in [2.24, 2.45) is 4.99 Å². The molecule has 0 aliphatic carbocycles. The van der Waals surface area contributed by atoms with E-state index in [1.807, 2.05) is 18.2 Å². The summed E-state index contributed by atoms with van der Waals surface area (Å²) < 4.78 is 0. The molecule has 0 bridgehead atoms. The lowest BCUT2D eigenvalue weighted by Crippen LogP contribution is -2.56. The minimum absolute atomic E-state index is 0.0433. The van der Waals surface area contributed by atoms with Gasteiger partial charge >= 0.3 is 0 Å². The van der Waals surface area contributed by atoms with Crippen molar-refractivity contribution in [3.63, 3.8) is 0 Å². The van der Waals surface area contributed by atoms with E-state index in [0.29, 0.717) is 5.84 Å². The largest absolute Gasteiger partial charge is 0.344 e. The van der Waals surface area contributed by atoms with Crippen molar-refractivity contribution < 1.29 is 4.79 Å². The van der Waals surface area contributed by atoms with Gasteiger partial charge in [-0.2, -0.15) is 0 Å². The second-order valence-corrected chi connectivity index (χ2v) is 6.86. The molecule has 2 rings (SSSR count). The maximum atomic E-state index is 12.0. The average molecular weight is 272 g/mol. The molecule has 0 atom stereocenters. The number of benzene rings is 1. The number of aliphatic imine (C=N–C) groups is 1. The number of hydrogen-bond acceptors (Lipinski definition) is 3. The van der Waals surface area contributed by atoms with Crippen LogP contribution in [0.3, 0.4) is 0 Å². The molecule has 0 radical (unpaired) electrons. The van der Waals surface area contributed by atoms with Crippen LogP contribution in [0, 0.1) is 0 Å². The van der Waals surface area contributed by atoms with E-state index in [9.17, 15) is 4.79 Å². The molecule has 0 amide bonds. The summed E-state index contributed by atoms with van der Waals surface area (Å²) in [6.45, 7) is 10.9. The lowest BCUT2D eigenvalue weighted by molar-refractivity contribution is -0.112. The molecule has 0 aromatic heterocycles. The first-order chi connectivity index (χ1) is 9.21. The molecule has 1 aliphatic rings. The Morgan fingerprint density at radius 2 is 1.80 bits per heavy atom. The summed E-state index contributed by atoms with van der Waals surface area (Å²) in [6, 6.07) is 10.2. The maximum Gasteiger partial charge on any atom is 0.194 e. The van der Waals surface area contributed by atoms with Gasteiger partial charge in [-0.25, -0.2) is 0 Å². The van der Waals surface area contributed by atoms with Gasteiger partial charge in [-0.3, -0.25) is 9.79 Å². The second kappa shape index (κ2) is 5.04. The molecule has 0 N–H and O–H groups in total. The molecule has 0 spiro atoms. The Morgan fingerprint density at radius 1 is 1.20 bits per heavy atom. The number of carbonyl (C=O) groups is 1. The van der Waals surface area contributed by atoms with Crippen LogP contribution in [0.1, 0.15) is 46.6 Å². The van der Waals surface area contributed by atoms with Crippen LogP contribution in [0.15, 0.2) is 35.3 Å². The summed E-state index contributed by atoms with van der Waals surface area (Å²) in [4.78, 5) is 18.8. The lowest BCUT2D eigenvalue weighted by Gasteiger charge is -2.48. The van der Waals surface area contributed by atoms with Crippen LogP contribution in [-0.2, 0) is 11.3 Å². The summed E-state index contributed by atoms with van der Waals surface area (Å²) in [5.74, 6) is 0.650. The number of Topliss-reactive ketones (excluding diaryl/α,β-unsaturated/α-hetero) is 1. The zero-order valence-corrected chi connectivity index (χ0v) is 13.1. The van der Waals surface area contributed by atoms with E-state index in [0.717, 1.165) is 13.0 Å². The van der Waals surface area contributed by atoms with Gasteiger partial charge in [-0.1, -0.05) is 30.3 Å². The smallest absolute Gasteiger partial charge is 0.194 e. The van der Waals surface area contributed by atoms with E-state index in [4.69, 9.17) is 0 Å². The Hall–Kier alpha value is -1.64. The Labute approximate surface area is 121 Å². The van der Waals surface area contributed by atoms with E-state index < -0.39 is 0 Å². The molecule has 1 aliphatic heterocycles. The van der Waals surface area contributed by atoms with Crippen molar-refractivity contribution in [3.8, 4) is 0 Å². The van der Waals surface area contributed by atoms with Gasteiger partial charge in [0.05, 0.1) is 5.54 Å². The van der Waals surface area contributed by atoms with E-state index in [-0.39, 0.29) is 16.9 Å². The number of nitrogens with zero attached hydrogens (tertiary/aromatic N) is 2. The van der Waals surface area contributed by atoms with E-state index in [2.05, 4.69) is 49.7 Å². The number of amidine groups is 1. The fraction of sp³-hybridized carbons (Fsp3) is 0.529. The van der Waals surface area contributed by atoms with Gasteiger partial charge < -0.3 is 4.90 Å². The minimum Gasteiger partial charge on any atom is -0.344 e. The number of rotatable bonds is 3. The molecule has 20 heavy (non-hydrogen) atoms. The molecule has 0 unspecified atom stereocenters. The van der Waals surface area contributed by atoms with Gasteiger partial charge in [0.2, 0.25) is 0 Å². The highest BCUT2D eigenvalue weighted by Crippen LogP contribution is 2.35. The van der Waals surface area contributed by atoms with Crippen molar-refractivity contribution in [1.82, 2.24) is 4.90 Å². The Bertz CT molecular complexity index is 529. The van der Waals surface area contributed by atoms with Crippen LogP contribution >= 0.6 is 0 Å². The number of hydrogen-bond donors (Lipinski definition) is 0. The molecule has 3 nitrogen and oxygen atoms in total. The monoisotopic (exact) mass is 272 g/mol. The summed E-state index contributed by atoms with van der Waals surface area (Å²) >= 11 is 0. The van der Waals surface area contributed by atoms with Crippen LogP contribution in [0.4, 0.5) is 0 Å². The predicted molar refractivity (Wildman–Crippen MR) is 82.9 cm³/mol. The fourth-order valence-corrected chi connectivity index (χ4v) is 3.15. The van der Waals surface area contributed by atoms with Crippen LogP contribution < -0.4 is 0 Å². The number of carbonyl (C=O) groups excluding carboxylic acids is 1. The van der Waals surface area contributed by atoms with Gasteiger partial charge in [-0.15, -0.1) is 0 Å². The maximum absolute atomic E-state index is 12.0. The van der Waals surface area contributed by atoms with Crippen molar-refractivity contribution in [2.45, 2.75) is 58.7 Å². The van der Waals surface area contributed by atoms with E-state index in [1.54, 1.807) is 6.92 Å². The molecule has 1 heterocycles. The molecule has 1 aromatic carbocycles. The topological polar surface area (TPSA) is 32.7 Å². The molecular weight excluding hydrogens is 248 g/mol. The zero-order valence-electron chi connectivity index (χ0n) is 13.1. The Balaban J connectivity index is 2.39. The SMILES string of the molecule is CC(=O)C1=NC(C)(C)CC(C)(C)N1Cc1ccccc1. The third-order valence-corrected chi connectivity index (χ3v) is 3.76. The van der Waals surface area contributed by atoms with Gasteiger partial charge in [0.25, 0.3) is 0 Å². The Morgan fingerprint density at radius 3 is 2.35 bits per heavy atom. The molecular formula is C17H24N2O. The van der Waals surface area contributed by atoms with Gasteiger partial charge in [0, 0.05) is 19.0 Å². The third kappa shape index (κ3) is 3.09. The van der Waals surface area contributed by atoms with Crippen LogP contribution in [-0.4, -0.2) is 27.6 Å². The summed E-state index contributed by atoms with van der Waals surface area (Å²) in [5, 5.41) is 0. The molecule has 0 fully saturated rings. The minimum atomic E-state index is -0.183. The highest BCUT2D eigenvalue weighted by molar-refractivity contribution is 6.38. The van der Waals surface area contributed by atoms with Gasteiger partial charge in [0.15, 0.2) is 11.6 Å². The van der Waals surface area contributed by atoms with Crippen LogP contribution in [0.5, 0.6) is 0 Å². The van der Waals surface area contributed by atoms with Gasteiger partial charge in [0.1, 0.15) is 0 Å². The summed E-state index contributed by atoms with van der Waals surface area (Å²) in [6.07, 6.45) is 0.934. The molecule has 1 aromatic rings. The summed E-state index contributed by atoms with van der Waals surface area (Å²) in [5.41, 5.74) is 0.939. The first-order valence-corrected chi connectivity index (χ1v) is 7.14. The quantitative estimate of drug-likeness (QED) is 0.844. The molecule has 0 saturated carbocycles. The zero-order chi connectivity index (χ0) is 15.0. The molecule has 3 heteroatoms. The fourth-order valence-electron chi connectivity index (χ4n) is 3.15. The normalized spacial score (nSPS) is 20.4. The second-order valence-electron chi connectivity index (χ2n) is 6.86. The first kappa shape index (κ1) is 14.8. The van der Waals surface area contributed by atoms with E-state index >= 15 is 0 Å². The van der Waals surface area contributed by atoms with Gasteiger partial charge in [-0.05, 0) is 39.7 Å². The van der Waals surface area contributed by atoms with Crippen molar-refractivity contribution in [3.05, 3.63) is 35.9 Å². The molecule has 0 saturated heterocycles. The first-order valence-electron chi connectivity index (χ1n) is 7.14. The van der Waals surface area contributed by atoms with Crippen molar-refractivity contribution in [2.75, 3.05) is 0 Å². The third-order valence-electron chi connectivity index (χ3n) is 3.76. The van der Waals surface area contributed by atoms with Crippen LogP contribution in [0.2, 0.25) is 0 Å². The van der Waals surface area contributed by atoms with E-state index in [1.165, 1.54) is 5.56 Å².